The topological polar surface area (TPSA) is 330 Å². The minimum absolute atomic E-state index is 0.0416. The maximum atomic E-state index is 13.9. The molecule has 8 atom stereocenters. The van der Waals surface area contributed by atoms with Gasteiger partial charge < -0.3 is 58.5 Å². The number of nitrogens with one attached hydrogen (secondary N) is 3. The maximum absolute atomic E-state index is 13.9. The Bertz CT molecular complexity index is 3660. The van der Waals surface area contributed by atoms with E-state index in [1.165, 1.54) is 19.8 Å². The number of aldehydes is 1. The van der Waals surface area contributed by atoms with E-state index in [1.807, 2.05) is 123 Å². The Kier molecular flexibility index (Phi) is 32.2. The lowest BCUT2D eigenvalue weighted by Gasteiger charge is -2.25. The van der Waals surface area contributed by atoms with Crippen LogP contribution < -0.4 is 16.0 Å². The van der Waals surface area contributed by atoms with Gasteiger partial charge in [-0.15, -0.1) is 0 Å². The molecule has 28 heteroatoms. The highest BCUT2D eigenvalue weighted by molar-refractivity contribution is 6.00. The molecule has 6 aromatic rings. The first-order chi connectivity index (χ1) is 49.4. The van der Waals surface area contributed by atoms with E-state index in [4.69, 9.17) is 42.3 Å². The molecule has 4 N–H and O–H groups in total. The van der Waals surface area contributed by atoms with E-state index >= 15 is 0 Å². The number of carbonyl (C=O) groups is 9. The fourth-order valence-corrected chi connectivity index (χ4v) is 11.4. The molecule has 4 aliphatic rings. The molecule has 4 saturated heterocycles. The summed E-state index contributed by atoms with van der Waals surface area (Å²) in [5.74, 6) is -4.15. The van der Waals surface area contributed by atoms with Crippen molar-refractivity contribution in [2.45, 2.75) is 121 Å². The van der Waals surface area contributed by atoms with Crippen LogP contribution in [0, 0.1) is 17.8 Å². The molecule has 4 aromatic carbocycles. The zero-order valence-corrected chi connectivity index (χ0v) is 58.6. The molecule has 0 radical (unpaired) electrons. The lowest BCUT2D eigenvalue weighted by molar-refractivity contribution is -0.156. The number of aromatic nitrogens is 2. The van der Waals surface area contributed by atoms with Gasteiger partial charge in [-0.1, -0.05) is 139 Å². The van der Waals surface area contributed by atoms with Crippen LogP contribution in [0.25, 0.3) is 0 Å². The van der Waals surface area contributed by atoms with E-state index in [2.05, 4.69) is 48.2 Å². The van der Waals surface area contributed by atoms with Crippen LogP contribution in [0.3, 0.4) is 0 Å². The third-order valence-corrected chi connectivity index (χ3v) is 17.5. The summed E-state index contributed by atoms with van der Waals surface area (Å²) in [7, 11) is 2.83. The SMILES string of the molecule is COC[C@H](CC(=O)[C@H](CCc1ccccc1)NC(=O)c1cc(CN2CCOCC2)on1)C(=O)N[C@@H](Cc1ccccc1)C(=O)[C@@]1(C)CO1.COC[C@H](CC(=O)[C@H](CCc1ccccc1)NC(=O)c1cc(CN2CCOCC2)on1)C(=O)O.C[C@@H](Cc1ccccc1)C(=O)[C@@]1(C)CO1.O=CC(F)(F)F. The number of methoxy groups -OCH3 is 2. The summed E-state index contributed by atoms with van der Waals surface area (Å²) >= 11 is 0. The molecule has 556 valence electrons. The van der Waals surface area contributed by atoms with Gasteiger partial charge in [0.25, 0.3) is 11.8 Å². The summed E-state index contributed by atoms with van der Waals surface area (Å²) in [6.07, 6.45) is -3.38. The number of aliphatic carboxylic acids is 1. The fourth-order valence-electron chi connectivity index (χ4n) is 11.4. The lowest BCUT2D eigenvalue weighted by Crippen LogP contribution is -2.50. The number of hydrogen-bond donors (Lipinski definition) is 4. The molecule has 2 aromatic heterocycles. The smallest absolute Gasteiger partial charge is 0.446 e. The Morgan fingerprint density at radius 1 is 0.563 bits per heavy atom. The Labute approximate surface area is 596 Å². The summed E-state index contributed by atoms with van der Waals surface area (Å²) in [4.78, 5) is 116. The number of Topliss-reactive ketones (excluding diaryl/α,β-unsaturated/α-hetero) is 4. The molecule has 10 rings (SSSR count). The molecule has 0 saturated carbocycles. The van der Waals surface area contributed by atoms with Gasteiger partial charge in [0.15, 0.2) is 46.0 Å². The van der Waals surface area contributed by atoms with Crippen LogP contribution in [0.1, 0.15) is 101 Å². The van der Waals surface area contributed by atoms with E-state index in [0.29, 0.717) is 83.3 Å². The number of carboxylic acid groups (broad SMARTS) is 1. The van der Waals surface area contributed by atoms with Gasteiger partial charge in [0, 0.05) is 71.3 Å². The van der Waals surface area contributed by atoms with E-state index in [1.54, 1.807) is 19.1 Å². The molecule has 0 spiro atoms. The Balaban J connectivity index is 0.000000232. The highest BCUT2D eigenvalue weighted by atomic mass is 19.4. The van der Waals surface area contributed by atoms with Gasteiger partial charge in [-0.05, 0) is 74.6 Å². The van der Waals surface area contributed by atoms with Crippen molar-refractivity contribution in [3.05, 3.63) is 179 Å². The number of aryl methyl sites for hydroxylation is 2. The van der Waals surface area contributed by atoms with Gasteiger partial charge in [-0.2, -0.15) is 13.2 Å². The first kappa shape index (κ1) is 81.3. The van der Waals surface area contributed by atoms with Crippen molar-refractivity contribution in [2.24, 2.45) is 17.8 Å². The molecular weight excluding hydrogens is 1340 g/mol. The van der Waals surface area contributed by atoms with Crippen molar-refractivity contribution < 1.29 is 98.9 Å². The molecule has 3 amide bonds. The quantitative estimate of drug-likeness (QED) is 0.0228. The second-order valence-corrected chi connectivity index (χ2v) is 26.0. The van der Waals surface area contributed by atoms with Crippen LogP contribution >= 0.6 is 0 Å². The van der Waals surface area contributed by atoms with Crippen LogP contribution in [-0.4, -0.2) is 207 Å². The predicted octanol–water partition coefficient (Wildman–Crippen LogP) is 7.06. The Hall–Kier alpha value is -9.00. The maximum Gasteiger partial charge on any atom is 0.446 e. The largest absolute Gasteiger partial charge is 0.481 e. The van der Waals surface area contributed by atoms with E-state index < -0.39 is 77.3 Å². The Morgan fingerprint density at radius 2 is 0.932 bits per heavy atom. The highest BCUT2D eigenvalue weighted by Crippen LogP contribution is 2.32. The van der Waals surface area contributed by atoms with Crippen LogP contribution in [0.15, 0.2) is 143 Å². The number of alkyl halides is 3. The van der Waals surface area contributed by atoms with Crippen molar-refractivity contribution in [3.8, 4) is 0 Å². The van der Waals surface area contributed by atoms with Crippen LogP contribution in [-0.2, 0) is 101 Å². The average Bonchev–Trinajstić information content (AvgIpc) is 1.64. The summed E-state index contributed by atoms with van der Waals surface area (Å²) in [6.45, 7) is 12.9. The molecule has 4 fully saturated rings. The van der Waals surface area contributed by atoms with Crippen molar-refractivity contribution in [1.29, 1.82) is 0 Å². The summed E-state index contributed by atoms with van der Waals surface area (Å²) in [5.41, 5.74) is 2.82. The number of carbonyl (C=O) groups excluding carboxylic acids is 8. The van der Waals surface area contributed by atoms with Gasteiger partial charge in [0.2, 0.25) is 12.2 Å². The molecule has 0 aliphatic carbocycles. The zero-order valence-electron chi connectivity index (χ0n) is 58.6. The highest BCUT2D eigenvalue weighted by Gasteiger charge is 2.51. The first-order valence-electron chi connectivity index (χ1n) is 34.1. The van der Waals surface area contributed by atoms with Gasteiger partial charge in [-0.25, -0.2) is 0 Å². The van der Waals surface area contributed by atoms with Gasteiger partial charge in [0.1, 0.15) is 11.2 Å². The molecule has 103 heavy (non-hydrogen) atoms. The van der Waals surface area contributed by atoms with Gasteiger partial charge in [-0.3, -0.25) is 53.0 Å². The molecule has 6 heterocycles. The minimum Gasteiger partial charge on any atom is -0.481 e. The zero-order chi connectivity index (χ0) is 74.4. The number of nitrogens with zero attached hydrogens (tertiary/aromatic N) is 4. The molecule has 0 unspecified atom stereocenters. The van der Waals surface area contributed by atoms with E-state index in [0.717, 1.165) is 49.3 Å². The third-order valence-electron chi connectivity index (χ3n) is 17.5. The van der Waals surface area contributed by atoms with Crippen LogP contribution in [0.5, 0.6) is 0 Å². The minimum atomic E-state index is -4.64. The summed E-state index contributed by atoms with van der Waals surface area (Å²) < 4.78 is 73.6. The number of halogens is 3. The number of ketones is 4. The molecule has 0 bridgehead atoms. The number of amides is 3. The number of benzene rings is 4. The van der Waals surface area contributed by atoms with Crippen LogP contribution in [0.2, 0.25) is 0 Å². The van der Waals surface area contributed by atoms with E-state index in [9.17, 15) is 56.6 Å². The molecular formula is C75H92F3N7O18. The van der Waals surface area contributed by atoms with E-state index in [-0.39, 0.29) is 79.5 Å². The van der Waals surface area contributed by atoms with Crippen LogP contribution in [0.4, 0.5) is 13.2 Å². The molecule has 25 nitrogen and oxygen atoms in total. The predicted molar refractivity (Wildman–Crippen MR) is 367 cm³/mol. The Morgan fingerprint density at radius 3 is 1.31 bits per heavy atom. The summed E-state index contributed by atoms with van der Waals surface area (Å²) in [6, 6.07) is 39.2. The lowest BCUT2D eigenvalue weighted by atomic mass is 9.90. The molecule has 4 aliphatic heterocycles. The summed E-state index contributed by atoms with van der Waals surface area (Å²) in [5, 5.41) is 25.7. The first-order valence-corrected chi connectivity index (χ1v) is 34.1. The van der Waals surface area contributed by atoms with Crippen molar-refractivity contribution >= 4 is 53.1 Å². The number of carboxylic acids is 1. The monoisotopic (exact) mass is 1440 g/mol. The average molecular weight is 1440 g/mol. The standard InChI is InChI=1S/C36H44N4O8.C24H31N3O7.C13H16O2.C2HF3O/c1-36(24-47-36)33(42)30(19-26-11-7-4-8-12-26)38-34(43)27(23-45-2)20-32(41)29(14-13-25-9-5-3-6-10-25)37-35(44)31-21-28(48-39-31)22-40-15-17-46-18-16-40;1-32-16-18(24(30)31)13-22(28)20(8-7-17-5-3-2-4-6-17)25-23(29)21-14-19(34-26-21)15-27-9-11-33-12-10-27;1-10(12(14)13(2)9-15-13)8-11-6-4-3-5-7-11;3-2(4,5)1-6/h3-12,21,27,29-30H,13-20,22-24H2,1-2H3,(H,37,44)(H,38,43);2-6,14,18,20H,7-13,15-16H2,1H3,(H,25,29)(H,30,31);3-7,10H,8-9H2,1-2H3;1H/t27-,29-,30-,36+;18-,20-;10-,13+;/m000./s1. The van der Waals surface area contributed by atoms with Crippen molar-refractivity contribution in [2.75, 3.05) is 93.3 Å². The van der Waals surface area contributed by atoms with Gasteiger partial charge in [0.05, 0.1) is 95.9 Å². The van der Waals surface area contributed by atoms with Gasteiger partial charge >= 0.3 is 12.1 Å². The number of morpholine rings is 2. The third kappa shape index (κ3) is 27.9. The fraction of sp³-hybridized carbons (Fsp3) is 0.480. The number of hydrogen-bond acceptors (Lipinski definition) is 21. The normalized spacial score (nSPS) is 18.8. The number of rotatable bonds is 35. The number of ether oxygens (including phenoxy) is 6. The second kappa shape index (κ2) is 40.7. The number of epoxide rings is 2. The second-order valence-electron chi connectivity index (χ2n) is 26.0. The van der Waals surface area contributed by atoms with Crippen molar-refractivity contribution in [3.63, 3.8) is 0 Å². The van der Waals surface area contributed by atoms with Crippen molar-refractivity contribution in [1.82, 2.24) is 36.1 Å².